The molecule has 4 rings (SSSR count). The Balaban J connectivity index is 1.41. The van der Waals surface area contributed by atoms with Crippen molar-refractivity contribution in [1.82, 2.24) is 9.88 Å². The Morgan fingerprint density at radius 1 is 1.23 bits per heavy atom. The molecule has 1 aliphatic heterocycles. The van der Waals surface area contributed by atoms with Crippen LogP contribution in [0.5, 0.6) is 5.75 Å². The summed E-state index contributed by atoms with van der Waals surface area (Å²) in [6.07, 6.45) is 8.00. The van der Waals surface area contributed by atoms with Crippen molar-refractivity contribution in [3.05, 3.63) is 53.9 Å². The summed E-state index contributed by atoms with van der Waals surface area (Å²) in [7, 11) is 1.65. The maximum atomic E-state index is 12.8. The Bertz CT molecular complexity index is 771. The average molecular weight is 351 g/mol. The summed E-state index contributed by atoms with van der Waals surface area (Å²) >= 11 is 0. The fraction of sp³-hybridized carbons (Fsp3) is 0.429. The molecular weight excluding hydrogens is 326 g/mol. The number of amides is 1. The number of hydrogen-bond acceptors (Lipinski definition) is 4. The molecule has 1 aromatic heterocycles. The van der Waals surface area contributed by atoms with Crippen LogP contribution in [0.1, 0.15) is 42.7 Å². The molecule has 2 aromatic rings. The summed E-state index contributed by atoms with van der Waals surface area (Å²) in [5.74, 6) is 1.59. The van der Waals surface area contributed by atoms with Gasteiger partial charge >= 0.3 is 0 Å². The molecule has 0 radical (unpaired) electrons. The number of nitrogens with one attached hydrogen (secondary N) is 1. The van der Waals surface area contributed by atoms with Crippen LogP contribution in [0.15, 0.2) is 42.7 Å². The number of ether oxygens (including phenoxy) is 1. The highest BCUT2D eigenvalue weighted by atomic mass is 16.5. The largest absolute Gasteiger partial charge is 0.495 e. The van der Waals surface area contributed by atoms with Crippen molar-refractivity contribution in [2.75, 3.05) is 19.0 Å². The van der Waals surface area contributed by atoms with E-state index in [-0.39, 0.29) is 11.9 Å². The lowest BCUT2D eigenvalue weighted by molar-refractivity contribution is -0.120. The number of nitrogens with zero attached hydrogens (tertiary/aromatic N) is 2. The van der Waals surface area contributed by atoms with Gasteiger partial charge < -0.3 is 10.1 Å². The molecule has 2 aliphatic rings. The number of carbonyl (C=O) groups is 1. The van der Waals surface area contributed by atoms with Gasteiger partial charge in [-0.2, -0.15) is 0 Å². The number of anilines is 1. The van der Waals surface area contributed by atoms with E-state index in [1.807, 2.05) is 18.2 Å². The lowest BCUT2D eigenvalue weighted by Crippen LogP contribution is -2.39. The van der Waals surface area contributed by atoms with Crippen molar-refractivity contribution in [3.63, 3.8) is 0 Å². The normalized spacial score (nSPS) is 20.1. The number of benzene rings is 1. The molecule has 1 aromatic carbocycles. The highest BCUT2D eigenvalue weighted by Gasteiger charge is 2.31. The minimum atomic E-state index is -0.101. The van der Waals surface area contributed by atoms with Crippen LogP contribution in [0.4, 0.5) is 5.69 Å². The Kier molecular flexibility index (Phi) is 4.89. The molecule has 136 valence electrons. The number of hydrogen-bond donors (Lipinski definition) is 1. The highest BCUT2D eigenvalue weighted by Crippen LogP contribution is 2.40. The standard InChI is InChI=1S/C21H25N3O2/c1-26-20-13-22-11-10-17(20)14-24-12-2-3-19(24)21(25)23-18-8-6-16(7-9-18)15-4-5-15/h6-11,13,15,19H,2-5,12,14H2,1H3,(H,23,25)/t19-/m1/s1. The van der Waals surface area contributed by atoms with Crippen LogP contribution in [-0.2, 0) is 11.3 Å². The molecule has 5 nitrogen and oxygen atoms in total. The maximum absolute atomic E-state index is 12.8. The van der Waals surface area contributed by atoms with Gasteiger partial charge in [-0.1, -0.05) is 12.1 Å². The van der Waals surface area contributed by atoms with Gasteiger partial charge in [-0.3, -0.25) is 14.7 Å². The predicted octanol–water partition coefficient (Wildman–Crippen LogP) is 3.57. The van der Waals surface area contributed by atoms with E-state index in [0.29, 0.717) is 6.54 Å². The molecule has 0 bridgehead atoms. The maximum Gasteiger partial charge on any atom is 0.241 e. The second-order valence-electron chi connectivity index (χ2n) is 7.20. The van der Waals surface area contributed by atoms with Crippen molar-refractivity contribution in [2.24, 2.45) is 0 Å². The Morgan fingerprint density at radius 3 is 2.77 bits per heavy atom. The minimum absolute atomic E-state index is 0.0784. The van der Waals surface area contributed by atoms with Gasteiger partial charge in [0.2, 0.25) is 5.91 Å². The number of pyridine rings is 1. The van der Waals surface area contributed by atoms with Gasteiger partial charge in [-0.05, 0) is 61.9 Å². The van der Waals surface area contributed by atoms with Crippen LogP contribution in [0.3, 0.4) is 0 Å². The van der Waals surface area contributed by atoms with Crippen LogP contribution in [0.2, 0.25) is 0 Å². The summed E-state index contributed by atoms with van der Waals surface area (Å²) < 4.78 is 5.39. The molecule has 1 atom stereocenters. The summed E-state index contributed by atoms with van der Waals surface area (Å²) in [4.78, 5) is 19.1. The molecular formula is C21H25N3O2. The number of aromatic nitrogens is 1. The number of carbonyl (C=O) groups excluding carboxylic acids is 1. The van der Waals surface area contributed by atoms with E-state index in [1.165, 1.54) is 18.4 Å². The summed E-state index contributed by atoms with van der Waals surface area (Å²) in [5, 5.41) is 3.09. The van der Waals surface area contributed by atoms with E-state index in [1.54, 1.807) is 19.5 Å². The molecule has 1 saturated heterocycles. The smallest absolute Gasteiger partial charge is 0.241 e. The third-order valence-electron chi connectivity index (χ3n) is 5.36. The molecule has 1 N–H and O–H groups in total. The Morgan fingerprint density at radius 2 is 2.04 bits per heavy atom. The molecule has 26 heavy (non-hydrogen) atoms. The first-order valence-electron chi connectivity index (χ1n) is 9.36. The van der Waals surface area contributed by atoms with Crippen LogP contribution >= 0.6 is 0 Å². The first-order valence-corrected chi connectivity index (χ1v) is 9.36. The average Bonchev–Trinajstić information content (AvgIpc) is 3.42. The van der Waals surface area contributed by atoms with Gasteiger partial charge in [0, 0.05) is 24.0 Å². The molecule has 2 fully saturated rings. The third-order valence-corrected chi connectivity index (χ3v) is 5.36. The third kappa shape index (κ3) is 3.73. The van der Waals surface area contributed by atoms with E-state index < -0.39 is 0 Å². The van der Waals surface area contributed by atoms with Gasteiger partial charge in [0.15, 0.2) is 0 Å². The summed E-state index contributed by atoms with van der Waals surface area (Å²) in [6.45, 7) is 1.62. The molecule has 1 amide bonds. The van der Waals surface area contributed by atoms with Gasteiger partial charge in [0.25, 0.3) is 0 Å². The number of rotatable bonds is 6. The Hall–Kier alpha value is -2.40. The second kappa shape index (κ2) is 7.46. The molecule has 1 aliphatic carbocycles. The van der Waals surface area contributed by atoms with E-state index in [0.717, 1.165) is 42.3 Å². The van der Waals surface area contributed by atoms with Crippen molar-refractivity contribution in [1.29, 1.82) is 0 Å². The van der Waals surface area contributed by atoms with Crippen molar-refractivity contribution in [2.45, 2.75) is 44.2 Å². The monoisotopic (exact) mass is 351 g/mol. The molecule has 2 heterocycles. The van der Waals surface area contributed by atoms with Gasteiger partial charge in [-0.15, -0.1) is 0 Å². The van der Waals surface area contributed by atoms with Crippen LogP contribution in [0, 0.1) is 0 Å². The van der Waals surface area contributed by atoms with Crippen LogP contribution < -0.4 is 10.1 Å². The predicted molar refractivity (Wildman–Crippen MR) is 101 cm³/mol. The number of likely N-dealkylation sites (tertiary alicyclic amines) is 1. The topological polar surface area (TPSA) is 54.5 Å². The fourth-order valence-corrected chi connectivity index (χ4v) is 3.74. The van der Waals surface area contributed by atoms with E-state index in [4.69, 9.17) is 4.74 Å². The quantitative estimate of drug-likeness (QED) is 0.864. The van der Waals surface area contributed by atoms with Crippen LogP contribution in [-0.4, -0.2) is 35.5 Å². The lowest BCUT2D eigenvalue weighted by Gasteiger charge is -2.24. The first-order chi connectivity index (χ1) is 12.7. The Labute approximate surface area is 154 Å². The van der Waals surface area contributed by atoms with Crippen molar-refractivity contribution in [3.8, 4) is 5.75 Å². The van der Waals surface area contributed by atoms with Crippen molar-refractivity contribution >= 4 is 11.6 Å². The zero-order valence-electron chi connectivity index (χ0n) is 15.1. The van der Waals surface area contributed by atoms with Gasteiger partial charge in [0.1, 0.15) is 5.75 Å². The van der Waals surface area contributed by atoms with Gasteiger partial charge in [-0.25, -0.2) is 0 Å². The van der Waals surface area contributed by atoms with E-state index >= 15 is 0 Å². The summed E-state index contributed by atoms with van der Waals surface area (Å²) in [5.41, 5.74) is 3.33. The zero-order chi connectivity index (χ0) is 17.9. The molecule has 0 spiro atoms. The zero-order valence-corrected chi connectivity index (χ0v) is 15.1. The van der Waals surface area contributed by atoms with Gasteiger partial charge in [0.05, 0.1) is 19.3 Å². The first kappa shape index (κ1) is 17.0. The summed E-state index contributed by atoms with van der Waals surface area (Å²) in [6, 6.07) is 10.2. The fourth-order valence-electron chi connectivity index (χ4n) is 3.74. The molecule has 0 unspecified atom stereocenters. The van der Waals surface area contributed by atoms with E-state index in [2.05, 4.69) is 27.3 Å². The number of methoxy groups -OCH3 is 1. The molecule has 5 heteroatoms. The van der Waals surface area contributed by atoms with Crippen LogP contribution in [0.25, 0.3) is 0 Å². The van der Waals surface area contributed by atoms with Crippen molar-refractivity contribution < 1.29 is 9.53 Å². The minimum Gasteiger partial charge on any atom is -0.495 e. The SMILES string of the molecule is COc1cnccc1CN1CCC[C@@H]1C(=O)Nc1ccc(C2CC2)cc1. The highest BCUT2D eigenvalue weighted by molar-refractivity contribution is 5.95. The van der Waals surface area contributed by atoms with E-state index in [9.17, 15) is 4.79 Å². The lowest BCUT2D eigenvalue weighted by atomic mass is 10.1. The second-order valence-corrected chi connectivity index (χ2v) is 7.20. The molecule has 1 saturated carbocycles.